The fourth-order valence-corrected chi connectivity index (χ4v) is 3.39. The third kappa shape index (κ3) is 9.42. The van der Waals surface area contributed by atoms with Gasteiger partial charge in [0, 0.05) is 32.8 Å². The zero-order chi connectivity index (χ0) is 16.2. The third-order valence-electron chi connectivity index (χ3n) is 4.71. The van der Waals surface area contributed by atoms with Crippen molar-refractivity contribution in [2.75, 3.05) is 39.5 Å². The van der Waals surface area contributed by atoms with Crippen LogP contribution < -0.4 is 10.6 Å². The van der Waals surface area contributed by atoms with Crippen LogP contribution in [0.4, 0.5) is 0 Å². The Morgan fingerprint density at radius 3 is 2.71 bits per heavy atom. The fourth-order valence-electron chi connectivity index (χ4n) is 3.39. The van der Waals surface area contributed by atoms with E-state index in [1.54, 1.807) is 0 Å². The van der Waals surface area contributed by atoms with Crippen molar-refractivity contribution in [2.24, 2.45) is 10.9 Å². The Labute approximate surface area is 164 Å². The molecule has 0 aromatic carbocycles. The Bertz CT molecular complexity index is 330. The fraction of sp³-hybridized carbons (Fsp3) is 0.944. The summed E-state index contributed by atoms with van der Waals surface area (Å²) in [5, 5.41) is 6.78. The molecule has 1 saturated carbocycles. The topological polar surface area (TPSA) is 54.9 Å². The number of nitrogens with one attached hydrogen (secondary N) is 2. The predicted molar refractivity (Wildman–Crippen MR) is 110 cm³/mol. The van der Waals surface area contributed by atoms with Gasteiger partial charge in [-0.15, -0.1) is 24.0 Å². The highest BCUT2D eigenvalue weighted by Crippen LogP contribution is 2.28. The molecule has 0 bridgehead atoms. The average molecular weight is 453 g/mol. The highest BCUT2D eigenvalue weighted by molar-refractivity contribution is 14.0. The molecule has 0 aromatic rings. The van der Waals surface area contributed by atoms with Crippen LogP contribution in [-0.4, -0.2) is 51.5 Å². The molecule has 1 atom stereocenters. The van der Waals surface area contributed by atoms with Crippen LogP contribution in [0.5, 0.6) is 0 Å². The van der Waals surface area contributed by atoms with Crippen LogP contribution in [0.25, 0.3) is 0 Å². The van der Waals surface area contributed by atoms with Crippen molar-refractivity contribution in [1.29, 1.82) is 0 Å². The van der Waals surface area contributed by atoms with E-state index in [0.29, 0.717) is 6.10 Å². The van der Waals surface area contributed by atoms with Gasteiger partial charge in [-0.05, 0) is 38.5 Å². The lowest BCUT2D eigenvalue weighted by Gasteiger charge is -2.13. The van der Waals surface area contributed by atoms with Gasteiger partial charge in [0.25, 0.3) is 0 Å². The zero-order valence-electron chi connectivity index (χ0n) is 15.2. The molecule has 5 nitrogen and oxygen atoms in total. The smallest absolute Gasteiger partial charge is 0.191 e. The highest BCUT2D eigenvalue weighted by atomic mass is 127. The van der Waals surface area contributed by atoms with Crippen molar-refractivity contribution in [1.82, 2.24) is 10.6 Å². The maximum Gasteiger partial charge on any atom is 0.191 e. The minimum Gasteiger partial charge on any atom is -0.379 e. The summed E-state index contributed by atoms with van der Waals surface area (Å²) in [6, 6.07) is 0. The molecule has 2 N–H and O–H groups in total. The first kappa shape index (κ1) is 22.0. The van der Waals surface area contributed by atoms with E-state index in [1.165, 1.54) is 38.5 Å². The van der Waals surface area contributed by atoms with E-state index in [1.807, 2.05) is 0 Å². The van der Waals surface area contributed by atoms with E-state index in [4.69, 9.17) is 9.47 Å². The minimum atomic E-state index is 0. The summed E-state index contributed by atoms with van der Waals surface area (Å²) >= 11 is 0. The molecule has 0 aromatic heterocycles. The first-order valence-electron chi connectivity index (χ1n) is 9.60. The van der Waals surface area contributed by atoms with Gasteiger partial charge in [0.2, 0.25) is 0 Å². The standard InChI is InChI=1S/C18H35N3O2.HI/c1-2-19-18(20-11-5-9-16-7-3-4-8-16)21-12-6-13-23-17-10-14-22-15-17;/h16-17H,2-15H2,1H3,(H2,19,20,21);1H. The molecule has 2 aliphatic rings. The molecule has 0 amide bonds. The molecule has 0 radical (unpaired) electrons. The van der Waals surface area contributed by atoms with E-state index >= 15 is 0 Å². The highest BCUT2D eigenvalue weighted by Gasteiger charge is 2.15. The minimum absolute atomic E-state index is 0. The molecule has 142 valence electrons. The summed E-state index contributed by atoms with van der Waals surface area (Å²) in [5.74, 6) is 1.93. The lowest BCUT2D eigenvalue weighted by atomic mass is 10.0. The summed E-state index contributed by atoms with van der Waals surface area (Å²) in [4.78, 5) is 4.63. The monoisotopic (exact) mass is 453 g/mol. The van der Waals surface area contributed by atoms with Crippen LogP contribution in [-0.2, 0) is 9.47 Å². The van der Waals surface area contributed by atoms with Crippen LogP contribution in [0.2, 0.25) is 0 Å². The van der Waals surface area contributed by atoms with Crippen molar-refractivity contribution in [3.63, 3.8) is 0 Å². The largest absolute Gasteiger partial charge is 0.379 e. The Balaban J connectivity index is 0.00000288. The Morgan fingerprint density at radius 1 is 1.17 bits per heavy atom. The Hall–Kier alpha value is -0.0800. The summed E-state index contributed by atoms with van der Waals surface area (Å²) in [5.41, 5.74) is 0. The van der Waals surface area contributed by atoms with E-state index in [9.17, 15) is 0 Å². The van der Waals surface area contributed by atoms with Crippen molar-refractivity contribution < 1.29 is 9.47 Å². The SMILES string of the molecule is CCNC(=NCCCOC1CCOC1)NCCCC1CCCC1.I. The summed E-state index contributed by atoms with van der Waals surface area (Å²) < 4.78 is 11.1. The van der Waals surface area contributed by atoms with E-state index in [0.717, 1.165) is 64.2 Å². The molecule has 24 heavy (non-hydrogen) atoms. The number of hydrogen-bond donors (Lipinski definition) is 2. The van der Waals surface area contributed by atoms with Gasteiger partial charge >= 0.3 is 0 Å². The van der Waals surface area contributed by atoms with Crippen molar-refractivity contribution in [2.45, 2.75) is 64.4 Å². The van der Waals surface area contributed by atoms with Crippen molar-refractivity contribution in [3.05, 3.63) is 0 Å². The molecule has 1 unspecified atom stereocenters. The number of hydrogen-bond acceptors (Lipinski definition) is 3. The van der Waals surface area contributed by atoms with E-state index in [2.05, 4.69) is 22.5 Å². The lowest BCUT2D eigenvalue weighted by molar-refractivity contribution is 0.0424. The molecule has 2 rings (SSSR count). The number of rotatable bonds is 10. The average Bonchev–Trinajstić information content (AvgIpc) is 3.24. The molecular formula is C18H36IN3O2. The summed E-state index contributed by atoms with van der Waals surface area (Å²) in [7, 11) is 0. The van der Waals surface area contributed by atoms with Gasteiger partial charge in [0.05, 0.1) is 12.7 Å². The van der Waals surface area contributed by atoms with Gasteiger partial charge in [-0.1, -0.05) is 25.7 Å². The van der Waals surface area contributed by atoms with Gasteiger partial charge in [0.15, 0.2) is 5.96 Å². The first-order chi connectivity index (χ1) is 11.4. The second-order valence-corrected chi connectivity index (χ2v) is 6.69. The first-order valence-corrected chi connectivity index (χ1v) is 9.60. The predicted octanol–water partition coefficient (Wildman–Crippen LogP) is 3.33. The van der Waals surface area contributed by atoms with Gasteiger partial charge in [-0.2, -0.15) is 0 Å². The zero-order valence-corrected chi connectivity index (χ0v) is 17.6. The van der Waals surface area contributed by atoms with Gasteiger partial charge in [-0.3, -0.25) is 4.99 Å². The van der Waals surface area contributed by atoms with Gasteiger partial charge in [0.1, 0.15) is 0 Å². The maximum atomic E-state index is 5.77. The second-order valence-electron chi connectivity index (χ2n) is 6.69. The molecule has 1 aliphatic carbocycles. The number of aliphatic imine (C=N–C) groups is 1. The van der Waals surface area contributed by atoms with Crippen LogP contribution in [0.3, 0.4) is 0 Å². The quantitative estimate of drug-likeness (QED) is 0.231. The van der Waals surface area contributed by atoms with Crippen LogP contribution >= 0.6 is 24.0 Å². The molecule has 6 heteroatoms. The molecule has 2 fully saturated rings. The van der Waals surface area contributed by atoms with Crippen molar-refractivity contribution in [3.8, 4) is 0 Å². The molecular weight excluding hydrogens is 417 g/mol. The summed E-state index contributed by atoms with van der Waals surface area (Å²) in [6.07, 6.45) is 10.7. The van der Waals surface area contributed by atoms with Crippen molar-refractivity contribution >= 4 is 29.9 Å². The Morgan fingerprint density at radius 2 is 2.00 bits per heavy atom. The third-order valence-corrected chi connectivity index (χ3v) is 4.71. The molecule has 1 saturated heterocycles. The second kappa shape index (κ2) is 14.1. The Kier molecular flexibility index (Phi) is 12.9. The number of nitrogens with zero attached hydrogens (tertiary/aromatic N) is 1. The van der Waals surface area contributed by atoms with Gasteiger partial charge in [-0.25, -0.2) is 0 Å². The summed E-state index contributed by atoms with van der Waals surface area (Å²) in [6.45, 7) is 7.23. The normalized spacial score (nSPS) is 21.7. The number of halogens is 1. The number of guanidine groups is 1. The number of ether oxygens (including phenoxy) is 2. The van der Waals surface area contributed by atoms with E-state index in [-0.39, 0.29) is 24.0 Å². The lowest BCUT2D eigenvalue weighted by Crippen LogP contribution is -2.38. The van der Waals surface area contributed by atoms with Crippen LogP contribution in [0.1, 0.15) is 58.3 Å². The molecule has 0 spiro atoms. The maximum absolute atomic E-state index is 5.77. The van der Waals surface area contributed by atoms with E-state index < -0.39 is 0 Å². The van der Waals surface area contributed by atoms with Crippen LogP contribution in [0.15, 0.2) is 4.99 Å². The van der Waals surface area contributed by atoms with Crippen LogP contribution in [0, 0.1) is 5.92 Å². The molecule has 1 aliphatic heterocycles. The van der Waals surface area contributed by atoms with Gasteiger partial charge < -0.3 is 20.1 Å². The molecule has 1 heterocycles.